The van der Waals surface area contributed by atoms with Gasteiger partial charge in [0.2, 0.25) is 0 Å². The summed E-state index contributed by atoms with van der Waals surface area (Å²) in [6.07, 6.45) is 2.87. The summed E-state index contributed by atoms with van der Waals surface area (Å²) in [5, 5.41) is 0. The topological polar surface area (TPSA) is 29.3 Å². The Balaban J connectivity index is 2.56. The van der Waals surface area contributed by atoms with E-state index in [0.29, 0.717) is 0 Å². The second-order valence-electron chi connectivity index (χ2n) is 5.81. The molecule has 0 aromatic heterocycles. The van der Waals surface area contributed by atoms with Crippen molar-refractivity contribution in [3.8, 4) is 0 Å². The highest BCUT2D eigenvalue weighted by Crippen LogP contribution is 2.14. The molecule has 0 aliphatic heterocycles. The maximum absolute atomic E-state index is 6.26. The van der Waals surface area contributed by atoms with Crippen LogP contribution in [0.25, 0.3) is 0 Å². The lowest BCUT2D eigenvalue weighted by molar-refractivity contribution is 0.144. The lowest BCUT2D eigenvalue weighted by Gasteiger charge is -2.36. The van der Waals surface area contributed by atoms with Gasteiger partial charge in [-0.05, 0) is 32.8 Å². The van der Waals surface area contributed by atoms with Crippen molar-refractivity contribution in [2.45, 2.75) is 38.8 Å². The second-order valence-corrected chi connectivity index (χ2v) is 5.81. The highest BCUT2D eigenvalue weighted by molar-refractivity contribution is 5.15. The molecule has 0 radical (unpaired) electrons. The van der Waals surface area contributed by atoms with Crippen molar-refractivity contribution in [2.75, 3.05) is 13.1 Å². The van der Waals surface area contributed by atoms with Crippen molar-refractivity contribution in [3.63, 3.8) is 0 Å². The van der Waals surface area contributed by atoms with E-state index in [2.05, 4.69) is 56.5 Å². The SMILES string of the molecule is C=CCN(CC(N)Cc1ccccc1)C(C)(C)C. The average Bonchev–Trinajstić information content (AvgIpc) is 2.28. The van der Waals surface area contributed by atoms with E-state index in [0.717, 1.165) is 19.5 Å². The summed E-state index contributed by atoms with van der Waals surface area (Å²) in [5.74, 6) is 0. The number of hydrogen-bond acceptors (Lipinski definition) is 2. The minimum absolute atomic E-state index is 0.127. The molecule has 1 aromatic rings. The molecular formula is C16H26N2. The van der Waals surface area contributed by atoms with E-state index in [-0.39, 0.29) is 11.6 Å². The van der Waals surface area contributed by atoms with Crippen LogP contribution in [-0.2, 0) is 6.42 Å². The Morgan fingerprint density at radius 3 is 2.39 bits per heavy atom. The van der Waals surface area contributed by atoms with Gasteiger partial charge in [0.25, 0.3) is 0 Å². The van der Waals surface area contributed by atoms with Crippen LogP contribution in [0.1, 0.15) is 26.3 Å². The van der Waals surface area contributed by atoms with E-state index < -0.39 is 0 Å². The fourth-order valence-electron chi connectivity index (χ4n) is 2.04. The number of rotatable bonds is 6. The van der Waals surface area contributed by atoms with Gasteiger partial charge in [-0.1, -0.05) is 36.4 Å². The highest BCUT2D eigenvalue weighted by Gasteiger charge is 2.21. The summed E-state index contributed by atoms with van der Waals surface area (Å²) >= 11 is 0. The smallest absolute Gasteiger partial charge is 0.0209 e. The number of benzene rings is 1. The summed E-state index contributed by atoms with van der Waals surface area (Å²) < 4.78 is 0. The fraction of sp³-hybridized carbons (Fsp3) is 0.500. The Bertz CT molecular complexity index is 351. The number of nitrogens with zero attached hydrogens (tertiary/aromatic N) is 1. The molecule has 0 spiro atoms. The number of nitrogens with two attached hydrogens (primary N) is 1. The Morgan fingerprint density at radius 1 is 1.28 bits per heavy atom. The lowest BCUT2D eigenvalue weighted by atomic mass is 10.0. The molecule has 0 amide bonds. The summed E-state index contributed by atoms with van der Waals surface area (Å²) in [4.78, 5) is 2.37. The largest absolute Gasteiger partial charge is 0.326 e. The predicted molar refractivity (Wildman–Crippen MR) is 79.6 cm³/mol. The lowest BCUT2D eigenvalue weighted by Crippen LogP contribution is -2.48. The van der Waals surface area contributed by atoms with Crippen LogP contribution in [-0.4, -0.2) is 29.6 Å². The van der Waals surface area contributed by atoms with Crippen molar-refractivity contribution in [3.05, 3.63) is 48.6 Å². The molecule has 2 heteroatoms. The Hall–Kier alpha value is -1.12. The van der Waals surface area contributed by atoms with Crippen molar-refractivity contribution < 1.29 is 0 Å². The van der Waals surface area contributed by atoms with Crippen LogP contribution >= 0.6 is 0 Å². The van der Waals surface area contributed by atoms with Crippen LogP contribution in [0.2, 0.25) is 0 Å². The monoisotopic (exact) mass is 246 g/mol. The van der Waals surface area contributed by atoms with E-state index in [1.807, 2.05) is 12.1 Å². The van der Waals surface area contributed by atoms with E-state index in [1.165, 1.54) is 5.56 Å². The summed E-state index contributed by atoms with van der Waals surface area (Å²) in [6, 6.07) is 10.6. The maximum atomic E-state index is 6.26. The molecule has 0 aliphatic rings. The first-order chi connectivity index (χ1) is 8.43. The molecule has 1 rings (SSSR count). The van der Waals surface area contributed by atoms with Gasteiger partial charge in [-0.25, -0.2) is 0 Å². The van der Waals surface area contributed by atoms with Gasteiger partial charge in [0, 0.05) is 24.7 Å². The standard InChI is InChI=1S/C16H26N2/c1-5-11-18(16(2,3)4)13-15(17)12-14-9-7-6-8-10-14/h5-10,15H,1,11-13,17H2,2-4H3. The molecule has 0 saturated carbocycles. The molecule has 0 heterocycles. The third-order valence-electron chi connectivity index (χ3n) is 3.09. The molecule has 1 unspecified atom stereocenters. The zero-order chi connectivity index (χ0) is 13.6. The zero-order valence-electron chi connectivity index (χ0n) is 11.9. The van der Waals surface area contributed by atoms with Crippen LogP contribution in [0.3, 0.4) is 0 Å². The van der Waals surface area contributed by atoms with Crippen molar-refractivity contribution in [1.29, 1.82) is 0 Å². The van der Waals surface area contributed by atoms with E-state index in [4.69, 9.17) is 5.73 Å². The molecule has 0 saturated heterocycles. The summed E-state index contributed by atoms with van der Waals surface area (Å²) in [6.45, 7) is 12.2. The fourth-order valence-corrected chi connectivity index (χ4v) is 2.04. The maximum Gasteiger partial charge on any atom is 0.0209 e. The molecule has 2 nitrogen and oxygen atoms in total. The van der Waals surface area contributed by atoms with Crippen LogP contribution < -0.4 is 5.73 Å². The molecule has 1 atom stereocenters. The highest BCUT2D eigenvalue weighted by atomic mass is 15.2. The second kappa shape index (κ2) is 6.72. The van der Waals surface area contributed by atoms with Gasteiger partial charge in [0.1, 0.15) is 0 Å². The van der Waals surface area contributed by atoms with Gasteiger partial charge in [0.05, 0.1) is 0 Å². The molecule has 100 valence electrons. The molecule has 1 aromatic carbocycles. The van der Waals surface area contributed by atoms with Crippen molar-refractivity contribution in [1.82, 2.24) is 4.90 Å². The quantitative estimate of drug-likeness (QED) is 0.782. The predicted octanol–water partition coefficient (Wildman–Crippen LogP) is 2.84. The third kappa shape index (κ3) is 5.03. The summed E-state index contributed by atoms with van der Waals surface area (Å²) in [7, 11) is 0. The van der Waals surface area contributed by atoms with Gasteiger partial charge < -0.3 is 5.73 Å². The molecule has 0 fully saturated rings. The van der Waals surface area contributed by atoms with E-state index in [9.17, 15) is 0 Å². The zero-order valence-corrected chi connectivity index (χ0v) is 11.9. The third-order valence-corrected chi connectivity index (χ3v) is 3.09. The Labute approximate surface area is 111 Å². The minimum atomic E-state index is 0.127. The van der Waals surface area contributed by atoms with Crippen LogP contribution in [0.4, 0.5) is 0 Å². The van der Waals surface area contributed by atoms with E-state index >= 15 is 0 Å². The normalized spacial score (nSPS) is 13.6. The van der Waals surface area contributed by atoms with Crippen LogP contribution in [0.15, 0.2) is 43.0 Å². The van der Waals surface area contributed by atoms with Crippen molar-refractivity contribution in [2.24, 2.45) is 5.73 Å². The first-order valence-electron chi connectivity index (χ1n) is 6.59. The summed E-state index contributed by atoms with van der Waals surface area (Å²) in [5.41, 5.74) is 7.69. The first-order valence-corrected chi connectivity index (χ1v) is 6.59. The average molecular weight is 246 g/mol. The first kappa shape index (κ1) is 14.9. The van der Waals surface area contributed by atoms with Gasteiger partial charge in [-0.3, -0.25) is 4.90 Å². The van der Waals surface area contributed by atoms with Gasteiger partial charge in [-0.15, -0.1) is 6.58 Å². The minimum Gasteiger partial charge on any atom is -0.326 e. The van der Waals surface area contributed by atoms with Gasteiger partial charge in [0.15, 0.2) is 0 Å². The molecule has 0 aliphatic carbocycles. The van der Waals surface area contributed by atoms with E-state index in [1.54, 1.807) is 0 Å². The Morgan fingerprint density at radius 2 is 1.89 bits per heavy atom. The van der Waals surface area contributed by atoms with Crippen molar-refractivity contribution >= 4 is 0 Å². The molecule has 0 bridgehead atoms. The number of hydrogen-bond donors (Lipinski definition) is 1. The molecule has 18 heavy (non-hydrogen) atoms. The van der Waals surface area contributed by atoms with Crippen LogP contribution in [0, 0.1) is 0 Å². The molecule has 2 N–H and O–H groups in total. The molecular weight excluding hydrogens is 220 g/mol. The van der Waals surface area contributed by atoms with Gasteiger partial charge >= 0.3 is 0 Å². The Kier molecular flexibility index (Phi) is 5.57. The van der Waals surface area contributed by atoms with Gasteiger partial charge in [-0.2, -0.15) is 0 Å². The van der Waals surface area contributed by atoms with Crippen LogP contribution in [0.5, 0.6) is 0 Å².